The van der Waals surface area contributed by atoms with Crippen LogP contribution in [0.15, 0.2) is 40.9 Å². The predicted molar refractivity (Wildman–Crippen MR) is 90.5 cm³/mol. The zero-order valence-corrected chi connectivity index (χ0v) is 13.5. The molecule has 1 amide bonds. The van der Waals surface area contributed by atoms with E-state index in [2.05, 4.69) is 15.8 Å². The number of esters is 1. The van der Waals surface area contributed by atoms with Crippen molar-refractivity contribution in [3.05, 3.63) is 47.7 Å². The number of amides is 1. The first-order chi connectivity index (χ1) is 11.6. The van der Waals surface area contributed by atoms with Gasteiger partial charge in [0.1, 0.15) is 5.76 Å². The van der Waals surface area contributed by atoms with Gasteiger partial charge in [0.25, 0.3) is 0 Å². The molecule has 7 heteroatoms. The number of benzene rings is 1. The highest BCUT2D eigenvalue weighted by atomic mass is 16.5. The molecule has 0 unspecified atom stereocenters. The minimum Gasteiger partial charge on any atom is -0.463 e. The molecular weight excluding hydrogens is 310 g/mol. The number of nitrogens with zero attached hydrogens (tertiary/aromatic N) is 1. The average molecular weight is 329 g/mol. The largest absolute Gasteiger partial charge is 0.463 e. The molecule has 1 aromatic heterocycles. The lowest BCUT2D eigenvalue weighted by atomic mass is 10.2. The Hall–Kier alpha value is -3.09. The molecule has 1 aromatic carbocycles. The van der Waals surface area contributed by atoms with Gasteiger partial charge in [-0.05, 0) is 37.6 Å². The lowest BCUT2D eigenvalue weighted by Crippen LogP contribution is -2.21. The van der Waals surface area contributed by atoms with Gasteiger partial charge in [-0.1, -0.05) is 17.3 Å². The van der Waals surface area contributed by atoms with Gasteiger partial charge in [-0.3, -0.25) is 4.79 Å². The smallest absolute Gasteiger partial charge is 0.330 e. The fourth-order valence-corrected chi connectivity index (χ4v) is 1.86. The quantitative estimate of drug-likeness (QED) is 0.599. The van der Waals surface area contributed by atoms with Crippen molar-refractivity contribution in [2.75, 3.05) is 23.8 Å². The Morgan fingerprint density at radius 3 is 2.67 bits per heavy atom. The van der Waals surface area contributed by atoms with E-state index < -0.39 is 0 Å². The summed E-state index contributed by atoms with van der Waals surface area (Å²) < 4.78 is 9.68. The van der Waals surface area contributed by atoms with Crippen molar-refractivity contribution in [2.45, 2.75) is 13.8 Å². The molecule has 0 atom stereocenters. The van der Waals surface area contributed by atoms with E-state index in [1.807, 2.05) is 24.3 Å². The average Bonchev–Trinajstić information content (AvgIpc) is 2.97. The Balaban J connectivity index is 1.81. The summed E-state index contributed by atoms with van der Waals surface area (Å²) >= 11 is 0. The predicted octanol–water partition coefficient (Wildman–Crippen LogP) is 2.61. The van der Waals surface area contributed by atoms with Crippen LogP contribution >= 0.6 is 0 Å². The summed E-state index contributed by atoms with van der Waals surface area (Å²) in [7, 11) is 0. The monoisotopic (exact) mass is 329 g/mol. The molecule has 0 saturated carbocycles. The van der Waals surface area contributed by atoms with Crippen molar-refractivity contribution in [1.29, 1.82) is 0 Å². The maximum Gasteiger partial charge on any atom is 0.330 e. The number of hydrogen-bond donors (Lipinski definition) is 2. The highest BCUT2D eigenvalue weighted by Crippen LogP contribution is 2.11. The second kappa shape index (κ2) is 8.52. The van der Waals surface area contributed by atoms with E-state index in [0.717, 1.165) is 11.3 Å². The van der Waals surface area contributed by atoms with Gasteiger partial charge in [0.05, 0.1) is 13.2 Å². The highest BCUT2D eigenvalue weighted by Gasteiger charge is 2.05. The molecule has 7 nitrogen and oxygen atoms in total. The SMILES string of the molecule is CCOC(=O)/C=C/c1ccc(NCC(=O)Nc2cc(C)on2)cc1. The number of hydrogen-bond acceptors (Lipinski definition) is 6. The van der Waals surface area contributed by atoms with Crippen LogP contribution in [0.3, 0.4) is 0 Å². The molecule has 0 bridgehead atoms. The number of carbonyl (C=O) groups is 2. The van der Waals surface area contributed by atoms with Crippen molar-refractivity contribution in [3.8, 4) is 0 Å². The van der Waals surface area contributed by atoms with Gasteiger partial charge in [-0.25, -0.2) is 4.79 Å². The van der Waals surface area contributed by atoms with E-state index in [9.17, 15) is 9.59 Å². The van der Waals surface area contributed by atoms with Crippen LogP contribution in [0.2, 0.25) is 0 Å². The highest BCUT2D eigenvalue weighted by molar-refractivity contribution is 5.93. The summed E-state index contributed by atoms with van der Waals surface area (Å²) in [5, 5.41) is 9.31. The lowest BCUT2D eigenvalue weighted by molar-refractivity contribution is -0.137. The third-order valence-corrected chi connectivity index (χ3v) is 2.96. The minimum atomic E-state index is -0.375. The summed E-state index contributed by atoms with van der Waals surface area (Å²) in [4.78, 5) is 23.0. The Morgan fingerprint density at radius 1 is 1.29 bits per heavy atom. The summed E-state index contributed by atoms with van der Waals surface area (Å²) in [5.74, 6) is 0.414. The number of rotatable bonds is 7. The van der Waals surface area contributed by atoms with Crippen molar-refractivity contribution < 1.29 is 18.8 Å². The second-order valence-corrected chi connectivity index (χ2v) is 4.93. The first-order valence-electron chi connectivity index (χ1n) is 7.48. The fourth-order valence-electron chi connectivity index (χ4n) is 1.86. The maximum absolute atomic E-state index is 11.8. The van der Waals surface area contributed by atoms with Crippen molar-refractivity contribution >= 4 is 29.5 Å². The third kappa shape index (κ3) is 5.60. The minimum absolute atomic E-state index is 0.101. The second-order valence-electron chi connectivity index (χ2n) is 4.93. The number of nitrogens with one attached hydrogen (secondary N) is 2. The van der Waals surface area contributed by atoms with Gasteiger partial charge in [0.15, 0.2) is 5.82 Å². The normalized spacial score (nSPS) is 10.6. The Morgan fingerprint density at radius 2 is 2.04 bits per heavy atom. The lowest BCUT2D eigenvalue weighted by Gasteiger charge is -2.06. The number of carbonyl (C=O) groups excluding carboxylic acids is 2. The molecule has 1 heterocycles. The van der Waals surface area contributed by atoms with E-state index >= 15 is 0 Å². The van der Waals surface area contributed by atoms with Gasteiger partial charge in [-0.2, -0.15) is 0 Å². The zero-order valence-electron chi connectivity index (χ0n) is 13.5. The van der Waals surface area contributed by atoms with Crippen LogP contribution in [-0.2, 0) is 14.3 Å². The summed E-state index contributed by atoms with van der Waals surface area (Å²) in [6, 6.07) is 8.94. The van der Waals surface area contributed by atoms with Crippen molar-refractivity contribution in [1.82, 2.24) is 5.16 Å². The molecule has 2 rings (SSSR count). The number of aryl methyl sites for hydroxylation is 1. The van der Waals surface area contributed by atoms with Crippen LogP contribution in [0, 0.1) is 6.92 Å². The van der Waals surface area contributed by atoms with Crippen LogP contribution in [0.4, 0.5) is 11.5 Å². The molecule has 0 radical (unpaired) electrons. The van der Waals surface area contributed by atoms with Crippen LogP contribution in [-0.4, -0.2) is 30.2 Å². The fraction of sp³-hybridized carbons (Fsp3) is 0.235. The molecule has 0 aliphatic rings. The molecule has 0 fully saturated rings. The van der Waals surface area contributed by atoms with Gasteiger partial charge in [0.2, 0.25) is 5.91 Å². The van der Waals surface area contributed by atoms with E-state index in [1.165, 1.54) is 6.08 Å². The molecule has 0 aliphatic heterocycles. The van der Waals surface area contributed by atoms with Crippen molar-refractivity contribution in [3.63, 3.8) is 0 Å². The summed E-state index contributed by atoms with van der Waals surface area (Å²) in [6.07, 6.45) is 3.04. The van der Waals surface area contributed by atoms with Gasteiger partial charge < -0.3 is 19.9 Å². The van der Waals surface area contributed by atoms with Gasteiger partial charge >= 0.3 is 5.97 Å². The summed E-state index contributed by atoms with van der Waals surface area (Å²) in [6.45, 7) is 3.96. The first kappa shape index (κ1) is 17.3. The van der Waals surface area contributed by atoms with Gasteiger partial charge in [0, 0.05) is 17.8 Å². The van der Waals surface area contributed by atoms with Crippen LogP contribution in [0.25, 0.3) is 6.08 Å². The number of ether oxygens (including phenoxy) is 1. The Labute approximate surface area is 139 Å². The van der Waals surface area contributed by atoms with Crippen LogP contribution < -0.4 is 10.6 Å². The zero-order chi connectivity index (χ0) is 17.4. The maximum atomic E-state index is 11.8. The first-order valence-corrected chi connectivity index (χ1v) is 7.48. The topological polar surface area (TPSA) is 93.5 Å². The van der Waals surface area contributed by atoms with Crippen molar-refractivity contribution in [2.24, 2.45) is 0 Å². The Bertz CT molecular complexity index is 720. The summed E-state index contributed by atoms with van der Waals surface area (Å²) in [5.41, 5.74) is 1.64. The van der Waals surface area contributed by atoms with E-state index in [-0.39, 0.29) is 18.4 Å². The molecule has 2 N–H and O–H groups in total. The molecule has 24 heavy (non-hydrogen) atoms. The number of anilines is 2. The van der Waals surface area contributed by atoms with Gasteiger partial charge in [-0.15, -0.1) is 0 Å². The van der Waals surface area contributed by atoms with E-state index in [0.29, 0.717) is 18.2 Å². The van der Waals surface area contributed by atoms with E-state index in [1.54, 1.807) is 26.0 Å². The number of aromatic nitrogens is 1. The molecule has 0 saturated heterocycles. The molecule has 2 aromatic rings. The Kier molecular flexibility index (Phi) is 6.13. The third-order valence-electron chi connectivity index (χ3n) is 2.96. The standard InChI is InChI=1S/C17H19N3O4/c1-3-23-17(22)9-6-13-4-7-14(8-5-13)18-11-16(21)19-15-10-12(2)24-20-15/h4-10,18H,3,11H2,1-2H3,(H,19,20,21)/b9-6+. The van der Waals surface area contributed by atoms with Crippen LogP contribution in [0.5, 0.6) is 0 Å². The molecule has 0 aliphatic carbocycles. The molecule has 0 spiro atoms. The van der Waals surface area contributed by atoms with E-state index in [4.69, 9.17) is 9.26 Å². The molecular formula is C17H19N3O4. The van der Waals surface area contributed by atoms with Crippen LogP contribution in [0.1, 0.15) is 18.2 Å². The molecule has 126 valence electrons.